The van der Waals surface area contributed by atoms with Crippen molar-refractivity contribution in [2.75, 3.05) is 17.3 Å². The molecule has 1 atom stereocenters. The molecule has 7 heteroatoms. The summed E-state index contributed by atoms with van der Waals surface area (Å²) in [5.41, 5.74) is 2.77. The molecule has 0 saturated carbocycles. The van der Waals surface area contributed by atoms with Gasteiger partial charge in [0, 0.05) is 0 Å². The molecule has 106 valence electrons. The van der Waals surface area contributed by atoms with Crippen molar-refractivity contribution in [1.29, 1.82) is 0 Å². The van der Waals surface area contributed by atoms with E-state index in [2.05, 4.69) is 36.6 Å². The van der Waals surface area contributed by atoms with Crippen molar-refractivity contribution in [2.24, 2.45) is 5.84 Å². The lowest BCUT2D eigenvalue weighted by Crippen LogP contribution is -2.36. The Hall–Kier alpha value is -1.70. The second kappa shape index (κ2) is 6.17. The molecule has 0 amide bonds. The van der Waals surface area contributed by atoms with Gasteiger partial charge < -0.3 is 15.8 Å². The maximum absolute atomic E-state index is 9.76. The van der Waals surface area contributed by atoms with Gasteiger partial charge >= 0.3 is 0 Å². The number of hydrazine groups is 1. The summed E-state index contributed by atoms with van der Waals surface area (Å²) in [7, 11) is 0. The molecule has 6 nitrogen and oxygen atoms in total. The van der Waals surface area contributed by atoms with E-state index in [1.807, 2.05) is 37.3 Å². The third-order valence-corrected chi connectivity index (χ3v) is 3.80. The molecule has 0 spiro atoms. The second-order valence-electron chi connectivity index (χ2n) is 4.51. The number of anilines is 2. The third-order valence-electron chi connectivity index (χ3n) is 3.05. The highest BCUT2D eigenvalue weighted by atomic mass is 79.9. The van der Waals surface area contributed by atoms with Gasteiger partial charge in [0.05, 0.1) is 12.1 Å². The van der Waals surface area contributed by atoms with Crippen molar-refractivity contribution in [2.45, 2.75) is 12.5 Å². The maximum atomic E-state index is 9.76. The van der Waals surface area contributed by atoms with Gasteiger partial charge in [0.15, 0.2) is 5.82 Å². The fourth-order valence-corrected chi connectivity index (χ4v) is 2.25. The van der Waals surface area contributed by atoms with Gasteiger partial charge in [-0.3, -0.25) is 0 Å². The Balaban J connectivity index is 2.36. The highest BCUT2D eigenvalue weighted by Crippen LogP contribution is 2.31. The number of hydrogen-bond acceptors (Lipinski definition) is 6. The molecule has 0 radical (unpaired) electrons. The number of nitrogens with two attached hydrogens (primary N) is 1. The zero-order chi connectivity index (χ0) is 14.6. The Morgan fingerprint density at radius 2 is 1.90 bits per heavy atom. The van der Waals surface area contributed by atoms with Crippen molar-refractivity contribution in [3.05, 3.63) is 46.7 Å². The van der Waals surface area contributed by atoms with Crippen molar-refractivity contribution in [1.82, 2.24) is 9.97 Å². The van der Waals surface area contributed by atoms with Crippen LogP contribution in [0.2, 0.25) is 0 Å². The molecular weight excluding hydrogens is 322 g/mol. The molecule has 0 aliphatic rings. The zero-order valence-corrected chi connectivity index (χ0v) is 12.6. The normalized spacial score (nSPS) is 13.6. The van der Waals surface area contributed by atoms with Gasteiger partial charge in [0.2, 0.25) is 0 Å². The molecule has 0 bridgehead atoms. The quantitative estimate of drug-likeness (QED) is 0.491. The summed E-state index contributed by atoms with van der Waals surface area (Å²) in [4.78, 5) is 8.16. The Morgan fingerprint density at radius 3 is 2.50 bits per heavy atom. The SMILES string of the molecule is CC(CO)(Nc1ncnc(NN)c1Br)c1ccccc1. The van der Waals surface area contributed by atoms with E-state index < -0.39 is 5.54 Å². The molecule has 2 rings (SSSR count). The van der Waals surface area contributed by atoms with Crippen LogP contribution >= 0.6 is 15.9 Å². The fraction of sp³-hybridized carbons (Fsp3) is 0.231. The Morgan fingerprint density at radius 1 is 1.25 bits per heavy atom. The van der Waals surface area contributed by atoms with E-state index in [0.717, 1.165) is 5.56 Å². The molecule has 5 N–H and O–H groups in total. The molecule has 1 aromatic carbocycles. The van der Waals surface area contributed by atoms with Crippen LogP contribution in [0.4, 0.5) is 11.6 Å². The molecular formula is C13H16BrN5O. The molecule has 1 unspecified atom stereocenters. The minimum atomic E-state index is -0.663. The summed E-state index contributed by atoms with van der Waals surface area (Å²) in [6.07, 6.45) is 1.39. The molecule has 20 heavy (non-hydrogen) atoms. The maximum Gasteiger partial charge on any atom is 0.159 e. The second-order valence-corrected chi connectivity index (χ2v) is 5.30. The lowest BCUT2D eigenvalue weighted by molar-refractivity contribution is 0.223. The van der Waals surface area contributed by atoms with Crippen LogP contribution in [0.3, 0.4) is 0 Å². The van der Waals surface area contributed by atoms with Crippen molar-refractivity contribution in [3.63, 3.8) is 0 Å². The first-order valence-corrected chi connectivity index (χ1v) is 6.81. The largest absolute Gasteiger partial charge is 0.394 e. The van der Waals surface area contributed by atoms with Gasteiger partial charge in [0.25, 0.3) is 0 Å². The van der Waals surface area contributed by atoms with Crippen LogP contribution in [0.1, 0.15) is 12.5 Å². The summed E-state index contributed by atoms with van der Waals surface area (Å²) in [6.45, 7) is 1.81. The standard InChI is InChI=1S/C13H16BrN5O/c1-13(7-20,9-5-3-2-4-6-9)18-11-10(14)12(19-15)17-8-16-11/h2-6,8,20H,7,15H2,1H3,(H2,16,17,18,19). The van der Waals surface area contributed by atoms with Crippen molar-refractivity contribution < 1.29 is 5.11 Å². The van der Waals surface area contributed by atoms with Gasteiger partial charge in [0.1, 0.15) is 16.6 Å². The number of hydrogen-bond donors (Lipinski definition) is 4. The van der Waals surface area contributed by atoms with Crippen molar-refractivity contribution >= 4 is 27.6 Å². The van der Waals surface area contributed by atoms with Crippen LogP contribution in [-0.4, -0.2) is 21.7 Å². The minimum Gasteiger partial charge on any atom is -0.394 e. The Labute approximate surface area is 125 Å². The molecule has 0 aliphatic carbocycles. The average molecular weight is 338 g/mol. The first kappa shape index (κ1) is 14.7. The lowest BCUT2D eigenvalue weighted by Gasteiger charge is -2.30. The summed E-state index contributed by atoms with van der Waals surface area (Å²) < 4.78 is 0.609. The highest BCUT2D eigenvalue weighted by Gasteiger charge is 2.27. The van der Waals surface area contributed by atoms with Crippen LogP contribution in [0, 0.1) is 0 Å². The molecule has 0 aliphatic heterocycles. The van der Waals surface area contributed by atoms with Crippen LogP contribution in [0.15, 0.2) is 41.1 Å². The van der Waals surface area contributed by atoms with Gasteiger partial charge in [-0.05, 0) is 28.4 Å². The van der Waals surface area contributed by atoms with Gasteiger partial charge in [-0.1, -0.05) is 30.3 Å². The number of aliphatic hydroxyl groups excluding tert-OH is 1. The first-order valence-electron chi connectivity index (χ1n) is 6.02. The molecule has 0 fully saturated rings. The van der Waals surface area contributed by atoms with E-state index in [-0.39, 0.29) is 6.61 Å². The number of halogens is 1. The number of nitrogens with zero attached hydrogens (tertiary/aromatic N) is 2. The van der Waals surface area contributed by atoms with Gasteiger partial charge in [-0.2, -0.15) is 0 Å². The Kier molecular flexibility index (Phi) is 4.53. The van der Waals surface area contributed by atoms with Crippen LogP contribution in [-0.2, 0) is 5.54 Å². The summed E-state index contributed by atoms with van der Waals surface area (Å²) in [5.74, 6) is 6.40. The number of nitrogens with one attached hydrogen (secondary N) is 2. The number of aromatic nitrogens is 2. The zero-order valence-electron chi connectivity index (χ0n) is 11.0. The predicted octanol–water partition coefficient (Wildman–Crippen LogP) is 1.84. The van der Waals surface area contributed by atoms with E-state index in [4.69, 9.17) is 5.84 Å². The number of rotatable bonds is 5. The fourth-order valence-electron chi connectivity index (χ4n) is 1.83. The van der Waals surface area contributed by atoms with Crippen LogP contribution < -0.4 is 16.6 Å². The molecule has 1 heterocycles. The van der Waals surface area contributed by atoms with Crippen LogP contribution in [0.25, 0.3) is 0 Å². The number of benzene rings is 1. The molecule has 0 saturated heterocycles. The monoisotopic (exact) mass is 337 g/mol. The minimum absolute atomic E-state index is 0.0845. The topological polar surface area (TPSA) is 96.1 Å². The third kappa shape index (κ3) is 2.90. The highest BCUT2D eigenvalue weighted by molar-refractivity contribution is 9.10. The summed E-state index contributed by atoms with van der Waals surface area (Å²) in [6, 6.07) is 9.67. The van der Waals surface area contributed by atoms with E-state index in [1.54, 1.807) is 0 Å². The predicted molar refractivity (Wildman–Crippen MR) is 82.0 cm³/mol. The van der Waals surface area contributed by atoms with Crippen molar-refractivity contribution in [3.8, 4) is 0 Å². The first-order chi connectivity index (χ1) is 9.60. The molecule has 1 aromatic heterocycles. The van der Waals surface area contributed by atoms with Gasteiger partial charge in [-0.25, -0.2) is 15.8 Å². The Bertz CT molecular complexity index is 580. The van der Waals surface area contributed by atoms with E-state index >= 15 is 0 Å². The van der Waals surface area contributed by atoms with E-state index in [1.165, 1.54) is 6.33 Å². The van der Waals surface area contributed by atoms with Crippen LogP contribution in [0.5, 0.6) is 0 Å². The number of aliphatic hydroxyl groups is 1. The summed E-state index contributed by atoms with van der Waals surface area (Å²) in [5, 5.41) is 13.0. The van der Waals surface area contributed by atoms with E-state index in [0.29, 0.717) is 16.1 Å². The lowest BCUT2D eigenvalue weighted by atomic mass is 9.93. The molecule has 2 aromatic rings. The summed E-state index contributed by atoms with van der Waals surface area (Å²) >= 11 is 3.38. The van der Waals surface area contributed by atoms with E-state index in [9.17, 15) is 5.11 Å². The smallest absolute Gasteiger partial charge is 0.159 e. The van der Waals surface area contributed by atoms with Gasteiger partial charge in [-0.15, -0.1) is 0 Å². The number of nitrogen functional groups attached to an aromatic ring is 1. The average Bonchev–Trinajstić information content (AvgIpc) is 2.50.